The molecule has 1 aromatic rings. The number of thiol groups is 1. The van der Waals surface area contributed by atoms with Gasteiger partial charge in [0.1, 0.15) is 0 Å². The number of aromatic nitrogens is 2. The lowest BCUT2D eigenvalue weighted by molar-refractivity contribution is 1.07. The molecule has 1 aromatic heterocycles. The van der Waals surface area contributed by atoms with Crippen LogP contribution in [0.15, 0.2) is 23.5 Å². The molecular weight excluding hydrogens is 146 g/mol. The summed E-state index contributed by atoms with van der Waals surface area (Å²) in [5.41, 5.74) is 5.12. The Morgan fingerprint density at radius 1 is 1.40 bits per heavy atom. The molecule has 0 aliphatic heterocycles. The molecule has 0 saturated heterocycles. The molecular formula is C6H7N3S. The summed E-state index contributed by atoms with van der Waals surface area (Å²) in [7, 11) is 0. The average Bonchev–Trinajstić information content (AvgIpc) is 1.95. The van der Waals surface area contributed by atoms with Crippen LogP contribution in [0.2, 0.25) is 0 Å². The van der Waals surface area contributed by atoms with E-state index in [4.69, 9.17) is 5.73 Å². The number of nitrogens with two attached hydrogens (primary N) is 1. The van der Waals surface area contributed by atoms with Gasteiger partial charge in [0.2, 0.25) is 0 Å². The maximum atomic E-state index is 5.12. The first-order valence-electron chi connectivity index (χ1n) is 2.72. The maximum Gasteiger partial charge on any atom is 0.153 e. The molecule has 0 unspecified atom stereocenters. The first-order chi connectivity index (χ1) is 4.83. The van der Waals surface area contributed by atoms with Gasteiger partial charge in [0, 0.05) is 17.3 Å². The van der Waals surface area contributed by atoms with Gasteiger partial charge in [-0.15, -0.1) is 12.6 Å². The lowest BCUT2D eigenvalue weighted by atomic mass is 10.5. The number of rotatable bonds is 1. The van der Waals surface area contributed by atoms with Crippen LogP contribution in [0.1, 0.15) is 5.82 Å². The highest BCUT2D eigenvalue weighted by molar-refractivity contribution is 7.80. The van der Waals surface area contributed by atoms with Crippen molar-refractivity contribution in [2.45, 2.75) is 4.90 Å². The van der Waals surface area contributed by atoms with E-state index < -0.39 is 0 Å². The number of hydrogen-bond donors (Lipinski definition) is 2. The minimum atomic E-state index is 0.598. The Hall–Kier alpha value is -1.03. The summed E-state index contributed by atoms with van der Waals surface area (Å²) in [5.74, 6) is 0.598. The van der Waals surface area contributed by atoms with Gasteiger partial charge >= 0.3 is 0 Å². The molecule has 0 aliphatic carbocycles. The van der Waals surface area contributed by atoms with Crippen LogP contribution in [0.3, 0.4) is 0 Å². The van der Waals surface area contributed by atoms with E-state index in [-0.39, 0.29) is 0 Å². The van der Waals surface area contributed by atoms with Crippen molar-refractivity contribution in [1.82, 2.24) is 9.97 Å². The zero-order valence-corrected chi connectivity index (χ0v) is 6.12. The zero-order chi connectivity index (χ0) is 7.40. The summed E-state index contributed by atoms with van der Waals surface area (Å²) >= 11 is 4.02. The van der Waals surface area contributed by atoms with Crippen molar-refractivity contribution in [3.8, 4) is 0 Å². The third-order valence-electron chi connectivity index (χ3n) is 0.903. The predicted molar refractivity (Wildman–Crippen MR) is 42.5 cm³/mol. The van der Waals surface area contributed by atoms with E-state index >= 15 is 0 Å². The van der Waals surface area contributed by atoms with Gasteiger partial charge in [-0.3, -0.25) is 0 Å². The monoisotopic (exact) mass is 153 g/mol. The van der Waals surface area contributed by atoms with Crippen LogP contribution in [-0.4, -0.2) is 9.97 Å². The molecule has 0 aromatic carbocycles. The fourth-order valence-electron chi connectivity index (χ4n) is 0.503. The zero-order valence-electron chi connectivity index (χ0n) is 5.23. The number of nitrogens with zero attached hydrogens (tertiary/aromatic N) is 2. The van der Waals surface area contributed by atoms with E-state index in [1.165, 1.54) is 6.20 Å². The van der Waals surface area contributed by atoms with E-state index in [9.17, 15) is 0 Å². The Kier molecular flexibility index (Phi) is 2.28. The van der Waals surface area contributed by atoms with E-state index in [2.05, 4.69) is 22.6 Å². The fourth-order valence-corrected chi connectivity index (χ4v) is 0.619. The van der Waals surface area contributed by atoms with Gasteiger partial charge in [0.25, 0.3) is 0 Å². The highest BCUT2D eigenvalue weighted by Crippen LogP contribution is 2.00. The second-order valence-corrected chi connectivity index (χ2v) is 2.17. The molecule has 0 fully saturated rings. The summed E-state index contributed by atoms with van der Waals surface area (Å²) < 4.78 is 0. The maximum absolute atomic E-state index is 5.12. The quantitative estimate of drug-likeness (QED) is 0.584. The molecule has 0 aliphatic rings. The van der Waals surface area contributed by atoms with Gasteiger partial charge in [0.05, 0.1) is 0 Å². The second kappa shape index (κ2) is 3.22. The van der Waals surface area contributed by atoms with Crippen molar-refractivity contribution in [1.29, 1.82) is 0 Å². The smallest absolute Gasteiger partial charge is 0.153 e. The van der Waals surface area contributed by atoms with E-state index in [1.807, 2.05) is 0 Å². The van der Waals surface area contributed by atoms with Crippen molar-refractivity contribution < 1.29 is 0 Å². The van der Waals surface area contributed by atoms with Crippen molar-refractivity contribution in [2.75, 3.05) is 0 Å². The number of hydrogen-bond acceptors (Lipinski definition) is 4. The molecule has 0 amide bonds. The first kappa shape index (κ1) is 7.08. The third-order valence-corrected chi connectivity index (χ3v) is 1.13. The third kappa shape index (κ3) is 1.73. The average molecular weight is 153 g/mol. The minimum absolute atomic E-state index is 0.598. The van der Waals surface area contributed by atoms with Crippen LogP contribution >= 0.6 is 12.6 Å². The van der Waals surface area contributed by atoms with Gasteiger partial charge in [-0.25, -0.2) is 9.97 Å². The van der Waals surface area contributed by atoms with Crippen molar-refractivity contribution in [2.24, 2.45) is 5.73 Å². The second-order valence-electron chi connectivity index (χ2n) is 1.66. The Labute approximate surface area is 64.4 Å². The lowest BCUT2D eigenvalue weighted by Crippen LogP contribution is -1.86. The van der Waals surface area contributed by atoms with Gasteiger partial charge in [-0.1, -0.05) is 0 Å². The molecule has 10 heavy (non-hydrogen) atoms. The van der Waals surface area contributed by atoms with Gasteiger partial charge in [-0.2, -0.15) is 0 Å². The van der Waals surface area contributed by atoms with Crippen LogP contribution in [0.5, 0.6) is 0 Å². The molecule has 3 nitrogen and oxygen atoms in total. The van der Waals surface area contributed by atoms with Gasteiger partial charge < -0.3 is 5.73 Å². The van der Waals surface area contributed by atoms with Gasteiger partial charge in [0.15, 0.2) is 5.82 Å². The van der Waals surface area contributed by atoms with E-state index in [1.54, 1.807) is 18.5 Å². The van der Waals surface area contributed by atoms with Crippen LogP contribution < -0.4 is 5.73 Å². The SMILES string of the molecule is N/C=C\c1ncc(S)cn1. The highest BCUT2D eigenvalue weighted by atomic mass is 32.1. The summed E-state index contributed by atoms with van der Waals surface area (Å²) in [6.07, 6.45) is 6.25. The van der Waals surface area contributed by atoms with Gasteiger partial charge in [-0.05, 0) is 12.3 Å². The molecule has 0 bridgehead atoms. The molecule has 0 radical (unpaired) electrons. The molecule has 0 atom stereocenters. The molecule has 0 spiro atoms. The standard InChI is InChI=1S/C6H7N3S/c7-2-1-6-8-3-5(10)4-9-6/h1-4,10H,7H2/b2-1-. The Morgan fingerprint density at radius 3 is 2.50 bits per heavy atom. The lowest BCUT2D eigenvalue weighted by Gasteiger charge is -1.89. The summed E-state index contributed by atoms with van der Waals surface area (Å²) in [4.78, 5) is 8.57. The molecule has 2 N–H and O–H groups in total. The largest absolute Gasteiger partial charge is 0.404 e. The Balaban J connectivity index is 2.89. The molecule has 1 rings (SSSR count). The van der Waals surface area contributed by atoms with Crippen LogP contribution in [-0.2, 0) is 0 Å². The van der Waals surface area contributed by atoms with Crippen molar-refractivity contribution >= 4 is 18.7 Å². The predicted octanol–water partition coefficient (Wildman–Crippen LogP) is 0.695. The topological polar surface area (TPSA) is 51.8 Å². The minimum Gasteiger partial charge on any atom is -0.404 e. The van der Waals surface area contributed by atoms with E-state index in [0.717, 1.165) is 4.90 Å². The normalized spacial score (nSPS) is 10.5. The molecule has 1 heterocycles. The van der Waals surface area contributed by atoms with Crippen LogP contribution in [0.25, 0.3) is 6.08 Å². The molecule has 4 heteroatoms. The Morgan fingerprint density at radius 2 is 2.00 bits per heavy atom. The van der Waals surface area contributed by atoms with Crippen molar-refractivity contribution in [3.05, 3.63) is 24.4 Å². The summed E-state index contributed by atoms with van der Waals surface area (Å²) in [6, 6.07) is 0. The Bertz CT molecular complexity index is 229. The van der Waals surface area contributed by atoms with Crippen LogP contribution in [0, 0.1) is 0 Å². The summed E-state index contributed by atoms with van der Waals surface area (Å²) in [5, 5.41) is 0. The van der Waals surface area contributed by atoms with Crippen LogP contribution in [0.4, 0.5) is 0 Å². The highest BCUT2D eigenvalue weighted by Gasteiger charge is 1.87. The fraction of sp³-hybridized carbons (Fsp3) is 0. The van der Waals surface area contributed by atoms with Crippen molar-refractivity contribution in [3.63, 3.8) is 0 Å². The summed E-state index contributed by atoms with van der Waals surface area (Å²) in [6.45, 7) is 0. The molecule has 0 saturated carbocycles. The van der Waals surface area contributed by atoms with E-state index in [0.29, 0.717) is 5.82 Å². The molecule has 52 valence electrons. The first-order valence-corrected chi connectivity index (χ1v) is 3.17.